The summed E-state index contributed by atoms with van der Waals surface area (Å²) in [6.45, 7) is 2.65. The maximum absolute atomic E-state index is 5.55. The van der Waals surface area contributed by atoms with E-state index < -0.39 is 0 Å². The predicted molar refractivity (Wildman–Crippen MR) is 51.5 cm³/mol. The minimum Gasteiger partial charge on any atom is -0.387 e. The molecule has 1 aromatic rings. The van der Waals surface area contributed by atoms with Gasteiger partial charge in [0.05, 0.1) is 5.84 Å². The topological polar surface area (TPSA) is 69.1 Å². The number of rotatable bonds is 4. The quantitative estimate of drug-likeness (QED) is 0.530. The van der Waals surface area contributed by atoms with E-state index in [1.54, 1.807) is 11.0 Å². The van der Waals surface area contributed by atoms with E-state index in [0.717, 1.165) is 18.7 Å². The van der Waals surface area contributed by atoms with E-state index in [2.05, 4.69) is 15.1 Å². The van der Waals surface area contributed by atoms with Crippen LogP contribution in [0.5, 0.6) is 0 Å². The van der Waals surface area contributed by atoms with Crippen molar-refractivity contribution >= 4 is 5.84 Å². The number of amidine groups is 1. The lowest BCUT2D eigenvalue weighted by atomic mass is 10.4. The molecule has 5 nitrogen and oxygen atoms in total. The summed E-state index contributed by atoms with van der Waals surface area (Å²) in [4.78, 5) is 8.23. The Balaban J connectivity index is 2.35. The summed E-state index contributed by atoms with van der Waals surface area (Å²) in [5, 5.41) is 4.13. The van der Waals surface area contributed by atoms with Crippen LogP contribution in [-0.2, 0) is 13.5 Å². The average Bonchev–Trinajstić information content (AvgIpc) is 2.51. The maximum Gasteiger partial charge on any atom is 0.152 e. The lowest BCUT2D eigenvalue weighted by molar-refractivity contribution is 0.738. The van der Waals surface area contributed by atoms with Crippen molar-refractivity contribution < 1.29 is 0 Å². The van der Waals surface area contributed by atoms with Crippen LogP contribution in [-0.4, -0.2) is 27.1 Å². The van der Waals surface area contributed by atoms with E-state index in [-0.39, 0.29) is 0 Å². The molecule has 0 aliphatic carbocycles. The number of hydrogen-bond donors (Lipinski definition) is 1. The SMILES string of the molecule is CCC(N)=NCCc1ncn(C)n1. The van der Waals surface area contributed by atoms with Crippen LogP contribution in [0.2, 0.25) is 0 Å². The van der Waals surface area contributed by atoms with Crippen molar-refractivity contribution in [2.45, 2.75) is 19.8 Å². The van der Waals surface area contributed by atoms with Gasteiger partial charge >= 0.3 is 0 Å². The van der Waals surface area contributed by atoms with E-state index >= 15 is 0 Å². The van der Waals surface area contributed by atoms with Gasteiger partial charge in [-0.15, -0.1) is 0 Å². The minimum absolute atomic E-state index is 0.670. The second-order valence-corrected chi connectivity index (χ2v) is 2.81. The van der Waals surface area contributed by atoms with Gasteiger partial charge in [0, 0.05) is 26.4 Å². The molecular formula is C8H15N5. The Morgan fingerprint density at radius 1 is 1.69 bits per heavy atom. The fraction of sp³-hybridized carbons (Fsp3) is 0.625. The predicted octanol–water partition coefficient (Wildman–Crippen LogP) is 0.125. The zero-order chi connectivity index (χ0) is 9.68. The molecular weight excluding hydrogens is 166 g/mol. The molecule has 0 saturated carbocycles. The van der Waals surface area contributed by atoms with Gasteiger partial charge in [-0.1, -0.05) is 6.92 Å². The molecule has 72 valence electrons. The molecule has 0 saturated heterocycles. The molecule has 0 fully saturated rings. The third-order valence-electron chi connectivity index (χ3n) is 1.66. The highest BCUT2D eigenvalue weighted by Crippen LogP contribution is 1.90. The van der Waals surface area contributed by atoms with Crippen molar-refractivity contribution in [1.82, 2.24) is 14.8 Å². The Morgan fingerprint density at radius 2 is 2.46 bits per heavy atom. The highest BCUT2D eigenvalue weighted by atomic mass is 15.3. The Hall–Kier alpha value is -1.39. The smallest absolute Gasteiger partial charge is 0.152 e. The lowest BCUT2D eigenvalue weighted by Crippen LogP contribution is -2.11. The molecule has 0 unspecified atom stereocenters. The molecule has 0 amide bonds. The second kappa shape index (κ2) is 4.59. The summed E-state index contributed by atoms with van der Waals surface area (Å²) in [6.07, 6.45) is 3.24. The van der Waals surface area contributed by atoms with Crippen molar-refractivity contribution in [3.8, 4) is 0 Å². The van der Waals surface area contributed by atoms with Gasteiger partial charge < -0.3 is 5.73 Å². The highest BCUT2D eigenvalue weighted by molar-refractivity contribution is 5.79. The highest BCUT2D eigenvalue weighted by Gasteiger charge is 1.96. The van der Waals surface area contributed by atoms with Crippen LogP contribution >= 0.6 is 0 Å². The normalized spacial score (nSPS) is 12.0. The van der Waals surface area contributed by atoms with Gasteiger partial charge in [-0.2, -0.15) is 5.10 Å². The fourth-order valence-corrected chi connectivity index (χ4v) is 0.910. The van der Waals surface area contributed by atoms with Crippen LogP contribution in [0, 0.1) is 0 Å². The third kappa shape index (κ3) is 3.23. The van der Waals surface area contributed by atoms with Crippen LogP contribution in [0.25, 0.3) is 0 Å². The first-order valence-electron chi connectivity index (χ1n) is 4.35. The number of nitrogens with two attached hydrogens (primary N) is 1. The number of nitrogens with zero attached hydrogens (tertiary/aromatic N) is 4. The Labute approximate surface area is 77.7 Å². The minimum atomic E-state index is 0.670. The molecule has 0 bridgehead atoms. The van der Waals surface area contributed by atoms with Gasteiger partial charge in [0.25, 0.3) is 0 Å². The lowest BCUT2D eigenvalue weighted by Gasteiger charge is -1.94. The zero-order valence-corrected chi connectivity index (χ0v) is 8.06. The van der Waals surface area contributed by atoms with Gasteiger partial charge in [0.1, 0.15) is 6.33 Å². The fourth-order valence-electron chi connectivity index (χ4n) is 0.910. The molecule has 1 heterocycles. The Kier molecular flexibility index (Phi) is 3.42. The molecule has 0 radical (unpaired) electrons. The van der Waals surface area contributed by atoms with Gasteiger partial charge in [-0.3, -0.25) is 9.67 Å². The maximum atomic E-state index is 5.55. The Bertz CT molecular complexity index is 288. The third-order valence-corrected chi connectivity index (χ3v) is 1.66. The molecule has 0 spiro atoms. The molecule has 0 aliphatic rings. The molecule has 1 aromatic heterocycles. The summed E-state index contributed by atoms with van der Waals surface area (Å²) in [6, 6.07) is 0. The van der Waals surface area contributed by atoms with Crippen LogP contribution in [0.15, 0.2) is 11.3 Å². The first-order valence-corrected chi connectivity index (χ1v) is 4.35. The van der Waals surface area contributed by atoms with E-state index in [1.807, 2.05) is 14.0 Å². The number of hydrogen-bond acceptors (Lipinski definition) is 3. The number of aryl methyl sites for hydroxylation is 1. The first kappa shape index (κ1) is 9.70. The summed E-state index contributed by atoms with van der Waals surface area (Å²) in [7, 11) is 1.85. The summed E-state index contributed by atoms with van der Waals surface area (Å²) in [5.41, 5.74) is 5.55. The molecule has 0 atom stereocenters. The molecule has 0 aromatic carbocycles. The van der Waals surface area contributed by atoms with Crippen molar-refractivity contribution in [2.75, 3.05) is 6.54 Å². The van der Waals surface area contributed by atoms with Crippen molar-refractivity contribution in [3.63, 3.8) is 0 Å². The number of aromatic nitrogens is 3. The van der Waals surface area contributed by atoms with Crippen LogP contribution in [0.1, 0.15) is 19.2 Å². The van der Waals surface area contributed by atoms with Crippen LogP contribution in [0.3, 0.4) is 0 Å². The van der Waals surface area contributed by atoms with E-state index in [4.69, 9.17) is 5.73 Å². The van der Waals surface area contributed by atoms with E-state index in [1.165, 1.54) is 0 Å². The van der Waals surface area contributed by atoms with Gasteiger partial charge in [0.15, 0.2) is 5.82 Å². The van der Waals surface area contributed by atoms with Crippen molar-refractivity contribution in [2.24, 2.45) is 17.8 Å². The molecule has 5 heteroatoms. The van der Waals surface area contributed by atoms with Crippen LogP contribution < -0.4 is 5.73 Å². The van der Waals surface area contributed by atoms with Crippen molar-refractivity contribution in [3.05, 3.63) is 12.2 Å². The standard InChI is InChI=1S/C8H15N5/c1-3-7(9)10-5-4-8-11-6-13(2)12-8/h6H,3-5H2,1-2H3,(H2,9,10). The Morgan fingerprint density at radius 3 is 3.00 bits per heavy atom. The summed E-state index contributed by atoms with van der Waals surface area (Å²) < 4.78 is 1.68. The second-order valence-electron chi connectivity index (χ2n) is 2.81. The molecule has 0 aliphatic heterocycles. The van der Waals surface area contributed by atoms with Gasteiger partial charge in [-0.25, -0.2) is 4.98 Å². The first-order chi connectivity index (χ1) is 6.22. The summed E-state index contributed by atoms with van der Waals surface area (Å²) in [5.74, 6) is 1.51. The largest absolute Gasteiger partial charge is 0.387 e. The number of aliphatic imine (C=N–C) groups is 1. The van der Waals surface area contributed by atoms with E-state index in [9.17, 15) is 0 Å². The van der Waals surface area contributed by atoms with E-state index in [0.29, 0.717) is 12.4 Å². The molecule has 1 rings (SSSR count). The molecule has 13 heavy (non-hydrogen) atoms. The average molecular weight is 181 g/mol. The monoisotopic (exact) mass is 181 g/mol. The summed E-state index contributed by atoms with van der Waals surface area (Å²) >= 11 is 0. The van der Waals surface area contributed by atoms with Crippen LogP contribution in [0.4, 0.5) is 0 Å². The molecule has 2 N–H and O–H groups in total. The zero-order valence-electron chi connectivity index (χ0n) is 8.06. The van der Waals surface area contributed by atoms with Gasteiger partial charge in [-0.05, 0) is 0 Å². The van der Waals surface area contributed by atoms with Crippen molar-refractivity contribution in [1.29, 1.82) is 0 Å². The van der Waals surface area contributed by atoms with Gasteiger partial charge in [0.2, 0.25) is 0 Å².